The van der Waals surface area contributed by atoms with E-state index in [2.05, 4.69) is 10.6 Å². The highest BCUT2D eigenvalue weighted by atomic mass is 35.5. The minimum Gasteiger partial charge on any atom is -0.454 e. The number of hydrogen-bond acceptors (Lipinski definition) is 4. The van der Waals surface area contributed by atoms with Crippen molar-refractivity contribution in [3.8, 4) is 11.5 Å². The summed E-state index contributed by atoms with van der Waals surface area (Å²) in [5.41, 5.74) is 1.24. The van der Waals surface area contributed by atoms with Gasteiger partial charge in [-0.15, -0.1) is 0 Å². The summed E-state index contributed by atoms with van der Waals surface area (Å²) >= 11 is 12.0. The fourth-order valence-corrected chi connectivity index (χ4v) is 2.36. The molecule has 5 nitrogen and oxygen atoms in total. The number of ether oxygens (including phenoxy) is 2. The minimum atomic E-state index is -0.213. The fourth-order valence-electron chi connectivity index (χ4n) is 2.00. The number of nitrogens with one attached hydrogen (secondary N) is 2. The van der Waals surface area contributed by atoms with E-state index in [4.69, 9.17) is 32.7 Å². The van der Waals surface area contributed by atoms with Crippen LogP contribution in [0.4, 0.5) is 11.4 Å². The molecule has 1 heterocycles. The summed E-state index contributed by atoms with van der Waals surface area (Å²) in [6.45, 7) is 0.260. The Morgan fingerprint density at radius 1 is 1.14 bits per heavy atom. The van der Waals surface area contributed by atoms with Gasteiger partial charge in [0.15, 0.2) is 11.5 Å². The highest BCUT2D eigenvalue weighted by Gasteiger charge is 2.14. The molecule has 2 aromatic rings. The molecule has 1 aliphatic rings. The molecule has 2 aromatic carbocycles. The Morgan fingerprint density at radius 2 is 1.95 bits per heavy atom. The second-order valence-electron chi connectivity index (χ2n) is 4.57. The molecule has 0 aliphatic carbocycles. The Labute approximate surface area is 137 Å². The third-order valence-corrected chi connectivity index (χ3v) is 3.87. The quantitative estimate of drug-likeness (QED) is 0.890. The van der Waals surface area contributed by atoms with Gasteiger partial charge >= 0.3 is 0 Å². The van der Waals surface area contributed by atoms with Gasteiger partial charge in [-0.1, -0.05) is 29.3 Å². The van der Waals surface area contributed by atoms with Crippen LogP contribution in [0.1, 0.15) is 0 Å². The van der Waals surface area contributed by atoms with Crippen LogP contribution in [0.3, 0.4) is 0 Å². The number of carbonyl (C=O) groups is 1. The second-order valence-corrected chi connectivity index (χ2v) is 5.36. The third kappa shape index (κ3) is 3.21. The normalized spacial score (nSPS) is 12.1. The lowest BCUT2D eigenvalue weighted by Gasteiger charge is -2.10. The largest absolute Gasteiger partial charge is 0.454 e. The Bertz CT molecular complexity index is 722. The van der Waals surface area contributed by atoms with Gasteiger partial charge in [0.1, 0.15) is 0 Å². The number of hydrogen-bond donors (Lipinski definition) is 2. The van der Waals surface area contributed by atoms with E-state index in [1.54, 1.807) is 36.4 Å². The molecule has 2 N–H and O–H groups in total. The van der Waals surface area contributed by atoms with Gasteiger partial charge in [0, 0.05) is 11.8 Å². The minimum absolute atomic E-state index is 0.0640. The molecule has 114 valence electrons. The van der Waals surface area contributed by atoms with Gasteiger partial charge in [-0.05, 0) is 24.3 Å². The highest BCUT2D eigenvalue weighted by molar-refractivity contribution is 6.43. The first-order valence-electron chi connectivity index (χ1n) is 6.51. The van der Waals surface area contributed by atoms with Gasteiger partial charge in [-0.3, -0.25) is 4.79 Å². The summed E-state index contributed by atoms with van der Waals surface area (Å²) in [4.78, 5) is 12.0. The van der Waals surface area contributed by atoms with Crippen molar-refractivity contribution in [3.63, 3.8) is 0 Å². The van der Waals surface area contributed by atoms with Crippen molar-refractivity contribution in [3.05, 3.63) is 46.4 Å². The smallest absolute Gasteiger partial charge is 0.243 e. The van der Waals surface area contributed by atoms with Crippen LogP contribution in [0, 0.1) is 0 Å². The van der Waals surface area contributed by atoms with Crippen molar-refractivity contribution >= 4 is 40.5 Å². The van der Waals surface area contributed by atoms with Gasteiger partial charge in [-0.25, -0.2) is 0 Å². The molecule has 1 aliphatic heterocycles. The molecule has 7 heteroatoms. The first-order chi connectivity index (χ1) is 10.6. The maximum Gasteiger partial charge on any atom is 0.243 e. The van der Waals surface area contributed by atoms with Gasteiger partial charge in [0.2, 0.25) is 12.7 Å². The Hall–Kier alpha value is -2.11. The lowest BCUT2D eigenvalue weighted by atomic mass is 10.2. The zero-order valence-electron chi connectivity index (χ0n) is 11.4. The maximum atomic E-state index is 12.0. The second kappa shape index (κ2) is 6.34. The van der Waals surface area contributed by atoms with Crippen LogP contribution < -0.4 is 20.1 Å². The average molecular weight is 339 g/mol. The summed E-state index contributed by atoms with van der Waals surface area (Å²) in [5.74, 6) is 1.07. The lowest BCUT2D eigenvalue weighted by molar-refractivity contribution is -0.114. The molecular weight excluding hydrogens is 327 g/mol. The summed E-state index contributed by atoms with van der Waals surface area (Å²) in [7, 11) is 0. The van der Waals surface area contributed by atoms with Gasteiger partial charge < -0.3 is 20.1 Å². The van der Waals surface area contributed by atoms with Gasteiger partial charge in [0.25, 0.3) is 0 Å². The molecule has 0 spiro atoms. The highest BCUT2D eigenvalue weighted by Crippen LogP contribution is 2.34. The summed E-state index contributed by atoms with van der Waals surface area (Å²) in [5, 5.41) is 6.53. The average Bonchev–Trinajstić information content (AvgIpc) is 2.96. The molecule has 0 fully saturated rings. The molecule has 0 saturated carbocycles. The number of rotatable bonds is 4. The van der Waals surface area contributed by atoms with Crippen LogP contribution in [-0.4, -0.2) is 19.2 Å². The van der Waals surface area contributed by atoms with E-state index < -0.39 is 0 Å². The molecule has 1 amide bonds. The number of amides is 1. The van der Waals surface area contributed by atoms with E-state index >= 15 is 0 Å². The zero-order chi connectivity index (χ0) is 15.5. The standard InChI is InChI=1S/C15H12Cl2N2O3/c16-10-2-1-3-11(15(10)17)18-7-14(20)19-9-4-5-12-13(6-9)22-8-21-12/h1-6,18H,7-8H2,(H,19,20). The van der Waals surface area contributed by atoms with Gasteiger partial charge in [0.05, 0.1) is 22.3 Å². The van der Waals surface area contributed by atoms with Crippen molar-refractivity contribution in [2.45, 2.75) is 0 Å². The Kier molecular flexibility index (Phi) is 4.27. The molecule has 3 rings (SSSR count). The number of benzene rings is 2. The van der Waals surface area contributed by atoms with Crippen molar-refractivity contribution in [1.29, 1.82) is 0 Å². The first-order valence-corrected chi connectivity index (χ1v) is 7.26. The van der Waals surface area contributed by atoms with E-state index in [-0.39, 0.29) is 19.2 Å². The molecular formula is C15H12Cl2N2O3. The maximum absolute atomic E-state index is 12.0. The van der Waals surface area contributed by atoms with Crippen molar-refractivity contribution in [2.75, 3.05) is 24.0 Å². The van der Waals surface area contributed by atoms with Crippen LogP contribution in [0.5, 0.6) is 11.5 Å². The fraction of sp³-hybridized carbons (Fsp3) is 0.133. The number of fused-ring (bicyclic) bond motifs is 1. The molecule has 0 radical (unpaired) electrons. The molecule has 0 bridgehead atoms. The van der Waals surface area contributed by atoms with Crippen LogP contribution >= 0.6 is 23.2 Å². The summed E-state index contributed by atoms with van der Waals surface area (Å²) < 4.78 is 10.5. The third-order valence-electron chi connectivity index (χ3n) is 3.05. The van der Waals surface area contributed by atoms with Crippen molar-refractivity contribution in [1.82, 2.24) is 0 Å². The van der Waals surface area contributed by atoms with Crippen LogP contribution in [0.15, 0.2) is 36.4 Å². The van der Waals surface area contributed by atoms with Crippen molar-refractivity contribution < 1.29 is 14.3 Å². The number of carbonyl (C=O) groups excluding carboxylic acids is 1. The van der Waals surface area contributed by atoms with E-state index in [9.17, 15) is 4.79 Å². The van der Waals surface area contributed by atoms with Crippen molar-refractivity contribution in [2.24, 2.45) is 0 Å². The first kappa shape index (κ1) is 14.8. The molecule has 0 saturated heterocycles. The zero-order valence-corrected chi connectivity index (χ0v) is 12.9. The van der Waals surface area contributed by atoms with Crippen LogP contribution in [-0.2, 0) is 4.79 Å². The predicted molar refractivity (Wildman–Crippen MR) is 86.1 cm³/mol. The molecule has 22 heavy (non-hydrogen) atoms. The summed E-state index contributed by atoms with van der Waals surface area (Å²) in [6.07, 6.45) is 0. The van der Waals surface area contributed by atoms with Gasteiger partial charge in [-0.2, -0.15) is 0 Å². The molecule has 0 unspecified atom stereocenters. The van der Waals surface area contributed by atoms with E-state index in [1.165, 1.54) is 0 Å². The van der Waals surface area contributed by atoms with E-state index in [1.807, 2.05) is 0 Å². The number of halogens is 2. The van der Waals surface area contributed by atoms with Crippen LogP contribution in [0.2, 0.25) is 10.0 Å². The Balaban J connectivity index is 1.60. The monoisotopic (exact) mass is 338 g/mol. The van der Waals surface area contributed by atoms with E-state index in [0.717, 1.165) is 0 Å². The van der Waals surface area contributed by atoms with Crippen LogP contribution in [0.25, 0.3) is 0 Å². The Morgan fingerprint density at radius 3 is 2.82 bits per heavy atom. The number of anilines is 2. The van der Waals surface area contributed by atoms with E-state index in [0.29, 0.717) is 32.9 Å². The predicted octanol–water partition coefficient (Wildman–Crippen LogP) is 3.77. The lowest BCUT2D eigenvalue weighted by Crippen LogP contribution is -2.21. The summed E-state index contributed by atoms with van der Waals surface area (Å²) in [6, 6.07) is 10.4. The SMILES string of the molecule is O=C(CNc1cccc(Cl)c1Cl)Nc1ccc2c(c1)OCO2. The topological polar surface area (TPSA) is 59.6 Å². The molecule has 0 atom stereocenters. The molecule has 0 aromatic heterocycles.